The predicted octanol–water partition coefficient (Wildman–Crippen LogP) is 4.94. The first-order valence-corrected chi connectivity index (χ1v) is 11.5. The highest BCUT2D eigenvalue weighted by atomic mass is 19.4. The van der Waals surface area contributed by atoms with Gasteiger partial charge in [-0.3, -0.25) is 5.01 Å². The summed E-state index contributed by atoms with van der Waals surface area (Å²) in [6.45, 7) is 4.08. The lowest BCUT2D eigenvalue weighted by molar-refractivity contribution is -0.137. The first kappa shape index (κ1) is 26.7. The van der Waals surface area contributed by atoms with Crippen LogP contribution in [0.25, 0.3) is 0 Å². The van der Waals surface area contributed by atoms with Crippen LogP contribution < -0.4 is 5.01 Å². The monoisotopic (exact) mass is 489 g/mol. The molecule has 1 aromatic carbocycles. The molecule has 0 spiro atoms. The topological polar surface area (TPSA) is 89.1 Å². The summed E-state index contributed by atoms with van der Waals surface area (Å²) in [5.74, 6) is -0.0684. The van der Waals surface area contributed by atoms with E-state index in [0.717, 1.165) is 37.5 Å². The predicted molar refractivity (Wildman–Crippen MR) is 127 cm³/mol. The molecule has 0 radical (unpaired) electrons. The van der Waals surface area contributed by atoms with E-state index in [9.17, 15) is 23.4 Å². The Morgan fingerprint density at radius 1 is 1.34 bits per heavy atom. The summed E-state index contributed by atoms with van der Waals surface area (Å²) in [6, 6.07) is 5.21. The minimum absolute atomic E-state index is 0.107. The Kier molecular flexibility index (Phi) is 8.89. The van der Waals surface area contributed by atoms with Gasteiger partial charge in [0.05, 0.1) is 41.2 Å². The van der Waals surface area contributed by atoms with Crippen LogP contribution in [0.1, 0.15) is 43.2 Å². The Morgan fingerprint density at radius 2 is 2.06 bits per heavy atom. The fourth-order valence-electron chi connectivity index (χ4n) is 4.70. The van der Waals surface area contributed by atoms with Crippen molar-refractivity contribution in [3.05, 3.63) is 65.8 Å². The lowest BCUT2D eigenvalue weighted by atomic mass is 9.89. The number of allylic oxidation sites excluding steroid dienone is 2. The van der Waals surface area contributed by atoms with Crippen LogP contribution in [-0.2, 0) is 10.9 Å². The zero-order chi connectivity index (χ0) is 25.6. The molecule has 0 aromatic heterocycles. The third-order valence-electron chi connectivity index (χ3n) is 6.52. The summed E-state index contributed by atoms with van der Waals surface area (Å²) in [4.78, 5) is 0. The molecule has 6 nitrogen and oxygen atoms in total. The van der Waals surface area contributed by atoms with Crippen molar-refractivity contribution in [3.8, 4) is 6.07 Å². The lowest BCUT2D eigenvalue weighted by Gasteiger charge is -2.29. The molecule has 35 heavy (non-hydrogen) atoms. The Labute approximate surface area is 203 Å². The van der Waals surface area contributed by atoms with E-state index >= 15 is 0 Å². The molecule has 1 aliphatic carbocycles. The number of ether oxygens (including phenoxy) is 1. The van der Waals surface area contributed by atoms with Crippen molar-refractivity contribution >= 4 is 11.4 Å². The van der Waals surface area contributed by atoms with Crippen molar-refractivity contribution in [1.29, 1.82) is 5.26 Å². The summed E-state index contributed by atoms with van der Waals surface area (Å²) in [5, 5.41) is 34.7. The van der Waals surface area contributed by atoms with Gasteiger partial charge in [-0.05, 0) is 37.0 Å². The van der Waals surface area contributed by atoms with Crippen LogP contribution in [0, 0.1) is 23.2 Å². The van der Waals surface area contributed by atoms with Crippen molar-refractivity contribution in [2.24, 2.45) is 16.9 Å². The van der Waals surface area contributed by atoms with Gasteiger partial charge in [-0.1, -0.05) is 37.1 Å². The van der Waals surface area contributed by atoms with Gasteiger partial charge < -0.3 is 14.9 Å². The van der Waals surface area contributed by atoms with Gasteiger partial charge in [0.25, 0.3) is 0 Å². The second kappa shape index (κ2) is 11.7. The van der Waals surface area contributed by atoms with Crippen LogP contribution in [0.4, 0.5) is 18.9 Å². The van der Waals surface area contributed by atoms with Crippen LogP contribution >= 0.6 is 0 Å². The summed E-state index contributed by atoms with van der Waals surface area (Å²) < 4.78 is 45.8. The van der Waals surface area contributed by atoms with Crippen molar-refractivity contribution in [1.82, 2.24) is 0 Å². The van der Waals surface area contributed by atoms with Crippen molar-refractivity contribution in [3.63, 3.8) is 0 Å². The first-order chi connectivity index (χ1) is 16.7. The summed E-state index contributed by atoms with van der Waals surface area (Å²) in [6.07, 6.45) is 4.81. The van der Waals surface area contributed by atoms with Gasteiger partial charge in [-0.25, -0.2) is 0 Å². The number of aliphatic hydroxyl groups is 2. The SMILES string of the molecule is C=CC(/C=C\C(=C/COC)C(O)O)C1=NN(c2ccc(C#N)c(C(F)(F)F)c2)C(C2CCCC2)C1. The van der Waals surface area contributed by atoms with E-state index in [4.69, 9.17) is 15.1 Å². The van der Waals surface area contributed by atoms with E-state index in [1.165, 1.54) is 19.2 Å². The molecule has 1 aromatic rings. The Balaban J connectivity index is 1.97. The van der Waals surface area contributed by atoms with Gasteiger partial charge in [0.15, 0.2) is 6.29 Å². The molecule has 188 valence electrons. The molecular weight excluding hydrogens is 459 g/mol. The molecule has 2 atom stereocenters. The second-order valence-electron chi connectivity index (χ2n) is 8.75. The fraction of sp³-hybridized carbons (Fsp3) is 0.462. The van der Waals surface area contributed by atoms with Crippen LogP contribution in [-0.4, -0.2) is 42.0 Å². The number of hydrogen-bond donors (Lipinski definition) is 2. The van der Waals surface area contributed by atoms with Gasteiger partial charge in [0.2, 0.25) is 0 Å². The van der Waals surface area contributed by atoms with Crippen LogP contribution in [0.3, 0.4) is 0 Å². The number of nitrogens with zero attached hydrogens (tertiary/aromatic N) is 3. The summed E-state index contributed by atoms with van der Waals surface area (Å²) in [7, 11) is 1.49. The van der Waals surface area contributed by atoms with E-state index in [2.05, 4.69) is 6.58 Å². The molecule has 2 aliphatic rings. The zero-order valence-electron chi connectivity index (χ0n) is 19.6. The van der Waals surface area contributed by atoms with E-state index in [1.54, 1.807) is 35.4 Å². The Morgan fingerprint density at radius 3 is 2.63 bits per heavy atom. The molecule has 1 aliphatic heterocycles. The first-order valence-electron chi connectivity index (χ1n) is 11.5. The number of rotatable bonds is 9. The van der Waals surface area contributed by atoms with Gasteiger partial charge in [-0.15, -0.1) is 6.58 Å². The quantitative estimate of drug-likeness (QED) is 0.291. The molecular formula is C26H30F3N3O3. The van der Waals surface area contributed by atoms with E-state index in [1.807, 2.05) is 0 Å². The number of alkyl halides is 3. The van der Waals surface area contributed by atoms with Crippen LogP contribution in [0.5, 0.6) is 0 Å². The van der Waals surface area contributed by atoms with E-state index in [0.29, 0.717) is 12.1 Å². The highest BCUT2D eigenvalue weighted by molar-refractivity contribution is 5.93. The van der Waals surface area contributed by atoms with Gasteiger partial charge in [0, 0.05) is 25.0 Å². The highest BCUT2D eigenvalue weighted by Gasteiger charge is 2.39. The van der Waals surface area contributed by atoms with Crippen LogP contribution in [0.15, 0.2) is 59.8 Å². The van der Waals surface area contributed by atoms with Crippen molar-refractivity contribution in [2.75, 3.05) is 18.7 Å². The molecule has 1 heterocycles. The van der Waals surface area contributed by atoms with Crippen LogP contribution in [0.2, 0.25) is 0 Å². The zero-order valence-corrected chi connectivity index (χ0v) is 19.6. The maximum atomic E-state index is 13.6. The average Bonchev–Trinajstić information content (AvgIpc) is 3.50. The minimum Gasteiger partial charge on any atom is -0.381 e. The molecule has 2 unspecified atom stereocenters. The molecule has 1 saturated carbocycles. The van der Waals surface area contributed by atoms with Crippen molar-refractivity contribution < 1.29 is 28.1 Å². The molecule has 9 heteroatoms. The normalized spacial score (nSPS) is 20.5. The largest absolute Gasteiger partial charge is 0.417 e. The lowest BCUT2D eigenvalue weighted by Crippen LogP contribution is -2.33. The Hall–Kier alpha value is -2.93. The smallest absolute Gasteiger partial charge is 0.381 e. The molecule has 0 saturated heterocycles. The van der Waals surface area contributed by atoms with E-state index < -0.39 is 23.6 Å². The number of nitriles is 1. The van der Waals surface area contributed by atoms with Gasteiger partial charge >= 0.3 is 6.18 Å². The molecule has 0 bridgehead atoms. The van der Waals surface area contributed by atoms with Gasteiger partial charge in [-0.2, -0.15) is 23.5 Å². The number of hydrogen-bond acceptors (Lipinski definition) is 6. The Bertz CT molecular complexity index is 1030. The minimum atomic E-state index is -4.65. The average molecular weight is 490 g/mol. The fourth-order valence-corrected chi connectivity index (χ4v) is 4.70. The maximum Gasteiger partial charge on any atom is 0.417 e. The number of aliphatic hydroxyl groups excluding tert-OH is 1. The summed E-state index contributed by atoms with van der Waals surface area (Å²) in [5.41, 5.74) is -0.127. The number of benzene rings is 1. The molecule has 2 N–H and O–H groups in total. The number of hydrazone groups is 1. The maximum absolute atomic E-state index is 13.6. The second-order valence-corrected chi connectivity index (χ2v) is 8.75. The number of anilines is 1. The molecule has 0 amide bonds. The van der Waals surface area contributed by atoms with Gasteiger partial charge in [0.1, 0.15) is 0 Å². The number of methoxy groups -OCH3 is 1. The molecule has 1 fully saturated rings. The summed E-state index contributed by atoms with van der Waals surface area (Å²) >= 11 is 0. The van der Waals surface area contributed by atoms with E-state index in [-0.39, 0.29) is 30.1 Å². The molecule has 3 rings (SSSR count). The third-order valence-corrected chi connectivity index (χ3v) is 6.52. The third kappa shape index (κ3) is 6.40. The highest BCUT2D eigenvalue weighted by Crippen LogP contribution is 2.41. The van der Waals surface area contributed by atoms with Crippen molar-refractivity contribution in [2.45, 2.75) is 50.6 Å². The number of halogens is 3. The standard InChI is InChI=1S/C26H30F3N3O3/c1-3-17(8-9-19(25(33)34)12-13-35-2)23-15-24(18-6-4-5-7-18)32(31-23)21-11-10-20(16-30)22(14-21)26(27,28)29/h3,8-12,14,17-18,24-25,33-34H,1,4-7,13,15H2,2H3/b9-8-,19-12+.